The third-order valence-corrected chi connectivity index (χ3v) is 5.91. The Morgan fingerprint density at radius 3 is 2.08 bits per heavy atom. The predicted molar refractivity (Wildman–Crippen MR) is 100 cm³/mol. The summed E-state index contributed by atoms with van der Waals surface area (Å²) in [6.07, 6.45) is 3.78. The number of nitrogens with zero attached hydrogens (tertiary/aromatic N) is 1. The van der Waals surface area contributed by atoms with E-state index in [9.17, 15) is 9.35 Å². The molecule has 1 N–H and O–H groups in total. The van der Waals surface area contributed by atoms with Gasteiger partial charge in [0.25, 0.3) is 0 Å². The number of amides is 1. The quantitative estimate of drug-likeness (QED) is 0.776. The lowest BCUT2D eigenvalue weighted by molar-refractivity contribution is 0.0226. The highest BCUT2D eigenvalue weighted by Gasteiger charge is 2.31. The second-order valence-corrected chi connectivity index (χ2v) is 10.8. The van der Waals surface area contributed by atoms with E-state index in [0.717, 1.165) is 38.8 Å². The van der Waals surface area contributed by atoms with Gasteiger partial charge in [-0.05, 0) is 80.1 Å². The van der Waals surface area contributed by atoms with E-state index in [1.165, 1.54) is 0 Å². The molecule has 1 rings (SSSR count). The van der Waals surface area contributed by atoms with Crippen LogP contribution in [0, 0.1) is 5.92 Å². The van der Waals surface area contributed by atoms with Crippen molar-refractivity contribution >= 4 is 17.5 Å². The van der Waals surface area contributed by atoms with Crippen LogP contribution in [-0.4, -0.2) is 45.0 Å². The molecule has 5 nitrogen and oxygen atoms in total. The molecular formula is C18H36N2O3S. The maximum atomic E-state index is 12.3. The molecule has 6 heteroatoms. The monoisotopic (exact) mass is 360 g/mol. The largest absolute Gasteiger partial charge is 0.598 e. The Morgan fingerprint density at radius 2 is 1.67 bits per heavy atom. The summed E-state index contributed by atoms with van der Waals surface area (Å²) in [7, 11) is 0. The summed E-state index contributed by atoms with van der Waals surface area (Å²) in [5, 5.41) is 0. The van der Waals surface area contributed by atoms with E-state index in [1.54, 1.807) is 0 Å². The minimum Gasteiger partial charge on any atom is -0.598 e. The van der Waals surface area contributed by atoms with Gasteiger partial charge in [-0.15, -0.1) is 4.72 Å². The van der Waals surface area contributed by atoms with Gasteiger partial charge >= 0.3 is 6.09 Å². The lowest BCUT2D eigenvalue weighted by Crippen LogP contribution is -2.47. The standard InChI is InChI=1S/C18H36N2O3S/c1-14(19-24(22)18(5,6)7)15-10-8-12-20(13-9-11-15)16(21)23-17(2,3)4/h14-15,19H,8-13H2,1-7H3. The third kappa shape index (κ3) is 7.62. The first-order valence-electron chi connectivity index (χ1n) is 9.06. The number of ether oxygens (including phenoxy) is 1. The minimum atomic E-state index is -1.04. The molecule has 0 radical (unpaired) electrons. The van der Waals surface area contributed by atoms with E-state index >= 15 is 0 Å². The van der Waals surface area contributed by atoms with E-state index in [1.807, 2.05) is 46.4 Å². The molecule has 0 aromatic rings. The summed E-state index contributed by atoms with van der Waals surface area (Å²) in [6.45, 7) is 15.2. The van der Waals surface area contributed by atoms with Gasteiger partial charge in [-0.3, -0.25) is 0 Å². The lowest BCUT2D eigenvalue weighted by Gasteiger charge is -2.33. The average molecular weight is 361 g/mol. The van der Waals surface area contributed by atoms with Gasteiger partial charge in [-0.1, -0.05) is 0 Å². The van der Waals surface area contributed by atoms with Crippen molar-refractivity contribution in [3.8, 4) is 0 Å². The number of likely N-dealkylation sites (tertiary alicyclic amines) is 1. The zero-order valence-corrected chi connectivity index (χ0v) is 17.3. The van der Waals surface area contributed by atoms with Crippen molar-refractivity contribution < 1.29 is 14.1 Å². The van der Waals surface area contributed by atoms with Gasteiger partial charge in [0, 0.05) is 24.5 Å². The van der Waals surface area contributed by atoms with Gasteiger partial charge in [0.15, 0.2) is 0 Å². The van der Waals surface area contributed by atoms with Crippen LogP contribution in [0.5, 0.6) is 0 Å². The molecule has 0 aliphatic carbocycles. The number of nitrogens with one attached hydrogen (secondary N) is 1. The van der Waals surface area contributed by atoms with Crippen LogP contribution in [0.4, 0.5) is 4.79 Å². The number of rotatable bonds is 3. The number of hydrogen-bond acceptors (Lipinski definition) is 4. The Kier molecular flexibility index (Phi) is 7.88. The normalized spacial score (nSPS) is 20.9. The highest BCUT2D eigenvalue weighted by atomic mass is 32.2. The maximum absolute atomic E-state index is 12.3. The van der Waals surface area contributed by atoms with Gasteiger partial charge in [0.05, 0.1) is 6.04 Å². The zero-order valence-electron chi connectivity index (χ0n) is 16.5. The summed E-state index contributed by atoms with van der Waals surface area (Å²) < 4.78 is 20.8. The first-order valence-corrected chi connectivity index (χ1v) is 10.2. The number of carbonyl (C=O) groups is 1. The van der Waals surface area contributed by atoms with Crippen molar-refractivity contribution in [2.45, 2.75) is 90.5 Å². The molecule has 0 aromatic carbocycles. The minimum absolute atomic E-state index is 0.207. The molecule has 0 aromatic heterocycles. The SMILES string of the molecule is CC(N[S+]([O-])C(C)(C)C)C1CCCN(C(=O)OC(C)(C)C)CCC1. The van der Waals surface area contributed by atoms with Gasteiger partial charge in [0.2, 0.25) is 0 Å². The summed E-state index contributed by atoms with van der Waals surface area (Å²) >= 11 is -1.04. The first kappa shape index (κ1) is 21.6. The molecule has 2 atom stereocenters. The van der Waals surface area contributed by atoms with Crippen LogP contribution >= 0.6 is 0 Å². The van der Waals surface area contributed by atoms with E-state index in [0.29, 0.717) is 5.92 Å². The summed E-state index contributed by atoms with van der Waals surface area (Å²) in [5.74, 6) is 0.497. The molecule has 1 saturated heterocycles. The second kappa shape index (κ2) is 8.77. The van der Waals surface area contributed by atoms with Crippen molar-refractivity contribution in [1.82, 2.24) is 9.62 Å². The molecule has 1 aliphatic rings. The number of carbonyl (C=O) groups excluding carboxylic acids is 1. The van der Waals surface area contributed by atoms with E-state index in [2.05, 4.69) is 11.6 Å². The Morgan fingerprint density at radius 1 is 1.17 bits per heavy atom. The Hall–Kier alpha value is -0.460. The van der Waals surface area contributed by atoms with Gasteiger partial charge in [0.1, 0.15) is 10.3 Å². The van der Waals surface area contributed by atoms with Crippen molar-refractivity contribution in [1.29, 1.82) is 0 Å². The van der Waals surface area contributed by atoms with Gasteiger partial charge in [-0.2, -0.15) is 0 Å². The van der Waals surface area contributed by atoms with Crippen LogP contribution in [0.2, 0.25) is 0 Å². The molecule has 0 bridgehead atoms. The molecule has 2 unspecified atom stereocenters. The average Bonchev–Trinajstić information content (AvgIpc) is 2.34. The smallest absolute Gasteiger partial charge is 0.410 e. The van der Waals surface area contributed by atoms with Crippen LogP contribution < -0.4 is 4.72 Å². The van der Waals surface area contributed by atoms with Crippen molar-refractivity contribution in [3.63, 3.8) is 0 Å². The van der Waals surface area contributed by atoms with E-state index in [-0.39, 0.29) is 16.9 Å². The zero-order chi connectivity index (χ0) is 18.5. The molecule has 1 amide bonds. The van der Waals surface area contributed by atoms with Crippen LogP contribution in [0.1, 0.15) is 74.1 Å². The molecule has 0 saturated carbocycles. The van der Waals surface area contributed by atoms with Crippen molar-refractivity contribution in [3.05, 3.63) is 0 Å². The van der Waals surface area contributed by atoms with E-state index in [4.69, 9.17) is 4.74 Å². The molecule has 1 aliphatic heterocycles. The molecular weight excluding hydrogens is 324 g/mol. The van der Waals surface area contributed by atoms with Crippen LogP contribution in [-0.2, 0) is 16.1 Å². The van der Waals surface area contributed by atoms with Crippen LogP contribution in [0.15, 0.2) is 0 Å². The Labute approximate surface area is 151 Å². The summed E-state index contributed by atoms with van der Waals surface area (Å²) in [6, 6.07) is 0.220. The Balaban J connectivity index is 2.49. The van der Waals surface area contributed by atoms with Crippen LogP contribution in [0.3, 0.4) is 0 Å². The Bertz CT molecular complexity index is 394. The molecule has 1 heterocycles. The van der Waals surface area contributed by atoms with E-state index < -0.39 is 17.0 Å². The lowest BCUT2D eigenvalue weighted by atomic mass is 9.90. The van der Waals surface area contributed by atoms with Crippen molar-refractivity contribution in [2.24, 2.45) is 5.92 Å². The maximum Gasteiger partial charge on any atom is 0.410 e. The summed E-state index contributed by atoms with van der Waals surface area (Å²) in [4.78, 5) is 14.0. The highest BCUT2D eigenvalue weighted by molar-refractivity contribution is 7.90. The highest BCUT2D eigenvalue weighted by Crippen LogP contribution is 2.24. The fraction of sp³-hybridized carbons (Fsp3) is 0.944. The fourth-order valence-electron chi connectivity index (χ4n) is 2.80. The molecule has 0 spiro atoms. The molecule has 1 fully saturated rings. The van der Waals surface area contributed by atoms with Crippen molar-refractivity contribution in [2.75, 3.05) is 13.1 Å². The number of hydrogen-bond donors (Lipinski definition) is 1. The third-order valence-electron chi connectivity index (χ3n) is 4.21. The summed E-state index contributed by atoms with van der Waals surface area (Å²) in [5.41, 5.74) is -0.447. The first-order chi connectivity index (χ1) is 10.9. The van der Waals surface area contributed by atoms with Gasteiger partial charge < -0.3 is 14.2 Å². The predicted octanol–water partition coefficient (Wildman–Crippen LogP) is 3.85. The topological polar surface area (TPSA) is 64.6 Å². The van der Waals surface area contributed by atoms with Gasteiger partial charge in [-0.25, -0.2) is 4.79 Å². The molecule has 142 valence electrons. The fourth-order valence-corrected chi connectivity index (χ4v) is 3.68. The van der Waals surface area contributed by atoms with Crippen LogP contribution in [0.25, 0.3) is 0 Å². The second-order valence-electron chi connectivity index (χ2n) is 8.80. The molecule has 24 heavy (non-hydrogen) atoms.